The largest absolute Gasteiger partial charge is 0.479 e. The maximum atomic E-state index is 13.0. The second-order valence-corrected chi connectivity index (χ2v) is 7.83. The first-order valence-corrected chi connectivity index (χ1v) is 9.66. The summed E-state index contributed by atoms with van der Waals surface area (Å²) >= 11 is 6.45. The molecule has 28 heavy (non-hydrogen) atoms. The highest BCUT2D eigenvalue weighted by Crippen LogP contribution is 2.38. The lowest BCUT2D eigenvalue weighted by atomic mass is 10.1. The highest BCUT2D eigenvalue weighted by molar-refractivity contribution is 8.26. The van der Waals surface area contributed by atoms with Crippen molar-refractivity contribution in [3.63, 3.8) is 0 Å². The predicted molar refractivity (Wildman–Crippen MR) is 114 cm³/mol. The van der Waals surface area contributed by atoms with Crippen molar-refractivity contribution in [3.8, 4) is 0 Å². The number of carboxylic acid groups (broad SMARTS) is 1. The lowest BCUT2D eigenvalue weighted by molar-refractivity contribution is -0.145. The standard InChI is InChI=1S/C21H14N2O3S2/c24-19-17(12-13-8-9-16-15(11-13)7-4-10-22-16)28-21(27)23(19)18(20(25)26)14-5-2-1-3-6-14/h1-12,18H,(H,25,26)/b17-12+/t18-/m1/s1. The molecule has 1 aromatic heterocycles. The Morgan fingerprint density at radius 3 is 2.68 bits per heavy atom. The average Bonchev–Trinajstić information content (AvgIpc) is 2.96. The molecule has 1 saturated heterocycles. The first-order chi connectivity index (χ1) is 13.5. The van der Waals surface area contributed by atoms with E-state index in [2.05, 4.69) is 4.98 Å². The Morgan fingerprint density at radius 1 is 1.14 bits per heavy atom. The lowest BCUT2D eigenvalue weighted by Crippen LogP contribution is -2.37. The van der Waals surface area contributed by atoms with Crippen LogP contribution in [-0.2, 0) is 9.59 Å². The number of carbonyl (C=O) groups excluding carboxylic acids is 1. The summed E-state index contributed by atoms with van der Waals surface area (Å²) in [6.45, 7) is 0. The number of thioether (sulfide) groups is 1. The second kappa shape index (κ2) is 7.53. The van der Waals surface area contributed by atoms with Gasteiger partial charge in [0.2, 0.25) is 0 Å². The van der Waals surface area contributed by atoms with Crippen LogP contribution in [0.15, 0.2) is 71.8 Å². The van der Waals surface area contributed by atoms with Crippen molar-refractivity contribution in [2.75, 3.05) is 0 Å². The molecule has 1 N–H and O–H groups in total. The van der Waals surface area contributed by atoms with Crippen LogP contribution in [0.4, 0.5) is 0 Å². The van der Waals surface area contributed by atoms with Gasteiger partial charge in [0.15, 0.2) is 6.04 Å². The van der Waals surface area contributed by atoms with Crippen molar-refractivity contribution in [1.29, 1.82) is 0 Å². The molecule has 0 radical (unpaired) electrons. The molecule has 7 heteroatoms. The summed E-state index contributed by atoms with van der Waals surface area (Å²) in [5, 5.41) is 10.7. The van der Waals surface area contributed by atoms with Crippen LogP contribution in [0.2, 0.25) is 0 Å². The number of thiocarbonyl (C=S) groups is 1. The fourth-order valence-corrected chi connectivity index (χ4v) is 4.39. The van der Waals surface area contributed by atoms with E-state index < -0.39 is 17.9 Å². The first kappa shape index (κ1) is 18.3. The molecule has 0 spiro atoms. The van der Waals surface area contributed by atoms with Gasteiger partial charge < -0.3 is 5.11 Å². The number of pyridine rings is 1. The fourth-order valence-electron chi connectivity index (χ4n) is 3.08. The van der Waals surface area contributed by atoms with Gasteiger partial charge in [0.05, 0.1) is 10.4 Å². The van der Waals surface area contributed by atoms with Crippen LogP contribution in [-0.4, -0.2) is 31.2 Å². The van der Waals surface area contributed by atoms with Gasteiger partial charge in [-0.15, -0.1) is 0 Å². The van der Waals surface area contributed by atoms with E-state index in [-0.39, 0.29) is 4.32 Å². The number of nitrogens with zero attached hydrogens (tertiary/aromatic N) is 2. The van der Waals surface area contributed by atoms with E-state index in [1.165, 1.54) is 4.90 Å². The van der Waals surface area contributed by atoms with Crippen molar-refractivity contribution in [1.82, 2.24) is 9.88 Å². The smallest absolute Gasteiger partial charge is 0.331 e. The van der Waals surface area contributed by atoms with Gasteiger partial charge in [0, 0.05) is 11.6 Å². The van der Waals surface area contributed by atoms with Crippen molar-refractivity contribution in [2.45, 2.75) is 6.04 Å². The zero-order valence-electron chi connectivity index (χ0n) is 14.5. The molecule has 1 amide bonds. The highest BCUT2D eigenvalue weighted by atomic mass is 32.2. The molecule has 1 aliphatic heterocycles. The molecule has 0 aliphatic carbocycles. The summed E-state index contributed by atoms with van der Waals surface area (Å²) in [6.07, 6.45) is 3.46. The molecule has 1 atom stereocenters. The van der Waals surface area contributed by atoms with E-state index in [1.807, 2.05) is 30.3 Å². The minimum absolute atomic E-state index is 0.231. The highest BCUT2D eigenvalue weighted by Gasteiger charge is 2.41. The van der Waals surface area contributed by atoms with Crippen LogP contribution in [0.1, 0.15) is 17.2 Å². The molecule has 138 valence electrons. The van der Waals surface area contributed by atoms with Gasteiger partial charge >= 0.3 is 5.97 Å². The Kier molecular flexibility index (Phi) is 4.93. The van der Waals surface area contributed by atoms with Crippen LogP contribution in [0.3, 0.4) is 0 Å². The Labute approximate surface area is 170 Å². The number of carboxylic acids is 1. The van der Waals surface area contributed by atoms with E-state index in [9.17, 15) is 14.7 Å². The van der Waals surface area contributed by atoms with Gasteiger partial charge in [-0.2, -0.15) is 0 Å². The fraction of sp³-hybridized carbons (Fsp3) is 0.0476. The Balaban J connectivity index is 1.69. The zero-order valence-corrected chi connectivity index (χ0v) is 16.1. The third kappa shape index (κ3) is 3.42. The van der Waals surface area contributed by atoms with Gasteiger partial charge in [0.1, 0.15) is 4.32 Å². The first-order valence-electron chi connectivity index (χ1n) is 8.44. The number of fused-ring (bicyclic) bond motifs is 1. The number of aliphatic carboxylic acids is 1. The van der Waals surface area contributed by atoms with Crippen molar-refractivity contribution < 1.29 is 14.7 Å². The Hall–Kier alpha value is -3.03. The summed E-state index contributed by atoms with van der Waals surface area (Å²) < 4.78 is 0.231. The number of rotatable bonds is 4. The molecule has 0 unspecified atom stereocenters. The maximum Gasteiger partial charge on any atom is 0.331 e. The summed E-state index contributed by atoms with van der Waals surface area (Å²) in [7, 11) is 0. The third-order valence-corrected chi connectivity index (χ3v) is 5.69. The normalized spacial score (nSPS) is 16.7. The molecule has 3 aromatic rings. The molecule has 1 fully saturated rings. The van der Waals surface area contributed by atoms with Gasteiger partial charge in [0.25, 0.3) is 5.91 Å². The molecule has 5 nitrogen and oxygen atoms in total. The van der Waals surface area contributed by atoms with Crippen LogP contribution in [0.25, 0.3) is 17.0 Å². The van der Waals surface area contributed by atoms with Crippen LogP contribution < -0.4 is 0 Å². The lowest BCUT2D eigenvalue weighted by Gasteiger charge is -2.23. The Bertz CT molecular complexity index is 1130. The van der Waals surface area contributed by atoms with E-state index in [4.69, 9.17) is 12.2 Å². The predicted octanol–water partition coefficient (Wildman–Crippen LogP) is 4.26. The Morgan fingerprint density at radius 2 is 1.93 bits per heavy atom. The summed E-state index contributed by atoms with van der Waals surface area (Å²) in [4.78, 5) is 30.7. The monoisotopic (exact) mass is 406 g/mol. The summed E-state index contributed by atoms with van der Waals surface area (Å²) in [6, 6.07) is 16.9. The zero-order chi connectivity index (χ0) is 19.7. The molecular weight excluding hydrogens is 392 g/mol. The van der Waals surface area contributed by atoms with Gasteiger partial charge in [-0.05, 0) is 35.4 Å². The van der Waals surface area contributed by atoms with Crippen molar-refractivity contribution >= 4 is 57.2 Å². The van der Waals surface area contributed by atoms with E-state index in [0.717, 1.165) is 28.2 Å². The van der Waals surface area contributed by atoms with Crippen LogP contribution in [0.5, 0.6) is 0 Å². The number of benzene rings is 2. The SMILES string of the molecule is O=C(O)[C@@H](c1ccccc1)N1C(=O)/C(=C\c2ccc3ncccc3c2)SC1=S. The number of amides is 1. The molecule has 2 heterocycles. The number of hydrogen-bond acceptors (Lipinski definition) is 5. The number of hydrogen-bond donors (Lipinski definition) is 1. The van der Waals surface area contributed by atoms with E-state index >= 15 is 0 Å². The van der Waals surface area contributed by atoms with Crippen molar-refractivity contribution in [2.24, 2.45) is 0 Å². The number of aromatic nitrogens is 1. The number of carbonyl (C=O) groups is 2. The molecule has 2 aromatic carbocycles. The van der Waals surface area contributed by atoms with Gasteiger partial charge in [-0.1, -0.05) is 66.4 Å². The van der Waals surface area contributed by atoms with Crippen molar-refractivity contribution in [3.05, 3.63) is 82.9 Å². The maximum absolute atomic E-state index is 13.0. The summed E-state index contributed by atoms with van der Waals surface area (Å²) in [5.74, 6) is -1.53. The van der Waals surface area contributed by atoms with Crippen LogP contribution in [0, 0.1) is 0 Å². The van der Waals surface area contributed by atoms with E-state index in [0.29, 0.717) is 10.5 Å². The van der Waals surface area contributed by atoms with E-state index in [1.54, 1.807) is 42.6 Å². The molecular formula is C21H14N2O3S2. The van der Waals surface area contributed by atoms with Crippen LogP contribution >= 0.6 is 24.0 Å². The summed E-state index contributed by atoms with van der Waals surface area (Å²) in [5.41, 5.74) is 2.19. The molecule has 0 bridgehead atoms. The quantitative estimate of drug-likeness (QED) is 0.516. The van der Waals surface area contributed by atoms with Gasteiger partial charge in [-0.3, -0.25) is 14.7 Å². The average molecular weight is 406 g/mol. The molecule has 1 aliphatic rings. The third-order valence-electron chi connectivity index (χ3n) is 4.36. The second-order valence-electron chi connectivity index (χ2n) is 6.16. The molecule has 4 rings (SSSR count). The topological polar surface area (TPSA) is 70.5 Å². The minimum Gasteiger partial charge on any atom is -0.479 e. The van der Waals surface area contributed by atoms with Gasteiger partial charge in [-0.25, -0.2) is 4.79 Å². The minimum atomic E-state index is -1.15. The molecule has 0 saturated carbocycles.